The molecular formula is C19H25N3O4S. The lowest BCUT2D eigenvalue weighted by Crippen LogP contribution is -2.52. The van der Waals surface area contributed by atoms with Crippen LogP contribution in [0.4, 0.5) is 0 Å². The first-order chi connectivity index (χ1) is 13.0. The molecule has 0 spiro atoms. The van der Waals surface area contributed by atoms with Crippen LogP contribution in [0.1, 0.15) is 0 Å². The topological polar surface area (TPSA) is 79.0 Å². The van der Waals surface area contributed by atoms with Crippen LogP contribution in [-0.2, 0) is 19.6 Å². The van der Waals surface area contributed by atoms with E-state index in [0.29, 0.717) is 44.2 Å². The van der Waals surface area contributed by atoms with Gasteiger partial charge in [0.05, 0.1) is 18.0 Å². The number of hydrogen-bond donors (Lipinski definition) is 1. The number of nitrogens with zero attached hydrogens (tertiary/aromatic N) is 2. The number of rotatable bonds is 7. The molecule has 1 aliphatic rings. The van der Waals surface area contributed by atoms with Crippen LogP contribution in [0.3, 0.4) is 0 Å². The van der Waals surface area contributed by atoms with Gasteiger partial charge in [-0.05, 0) is 22.9 Å². The molecule has 1 aliphatic heterocycles. The van der Waals surface area contributed by atoms with Gasteiger partial charge in [-0.3, -0.25) is 4.79 Å². The second kappa shape index (κ2) is 8.79. The molecular weight excluding hydrogens is 366 g/mol. The third-order valence-electron chi connectivity index (χ3n) is 4.71. The van der Waals surface area contributed by atoms with Gasteiger partial charge in [-0.15, -0.1) is 0 Å². The molecule has 0 unspecified atom stereocenters. The van der Waals surface area contributed by atoms with Gasteiger partial charge in [0.25, 0.3) is 0 Å². The molecule has 0 saturated carbocycles. The van der Waals surface area contributed by atoms with Crippen molar-refractivity contribution in [3.63, 3.8) is 0 Å². The third-order valence-corrected chi connectivity index (χ3v) is 6.60. The van der Waals surface area contributed by atoms with Gasteiger partial charge in [0.2, 0.25) is 15.9 Å². The zero-order valence-electron chi connectivity index (χ0n) is 15.4. The summed E-state index contributed by atoms with van der Waals surface area (Å²) in [7, 11) is -1.95. The first kappa shape index (κ1) is 19.8. The molecule has 1 fully saturated rings. The number of sulfonamides is 1. The molecule has 146 valence electrons. The molecule has 1 N–H and O–H groups in total. The zero-order chi connectivity index (χ0) is 19.3. The number of piperazine rings is 1. The fourth-order valence-electron chi connectivity index (χ4n) is 3.14. The summed E-state index contributed by atoms with van der Waals surface area (Å²) < 4.78 is 32.3. The molecule has 0 atom stereocenters. The summed E-state index contributed by atoms with van der Waals surface area (Å²) in [5, 5.41) is 4.92. The highest BCUT2D eigenvalue weighted by Gasteiger charge is 2.30. The van der Waals surface area contributed by atoms with Crippen molar-refractivity contribution in [2.75, 3.05) is 53.0 Å². The summed E-state index contributed by atoms with van der Waals surface area (Å²) in [6.45, 7) is 2.80. The molecule has 1 amide bonds. The Kier molecular flexibility index (Phi) is 6.43. The van der Waals surface area contributed by atoms with Gasteiger partial charge in [0.1, 0.15) is 0 Å². The van der Waals surface area contributed by atoms with Crippen molar-refractivity contribution < 1.29 is 17.9 Å². The van der Waals surface area contributed by atoms with Gasteiger partial charge >= 0.3 is 0 Å². The van der Waals surface area contributed by atoms with Gasteiger partial charge < -0.3 is 15.0 Å². The lowest BCUT2D eigenvalue weighted by molar-refractivity contribution is -0.131. The van der Waals surface area contributed by atoms with Gasteiger partial charge in [-0.25, -0.2) is 8.42 Å². The molecule has 27 heavy (non-hydrogen) atoms. The second-order valence-electron chi connectivity index (χ2n) is 6.46. The average molecular weight is 391 g/mol. The quantitative estimate of drug-likeness (QED) is 0.710. The smallest absolute Gasteiger partial charge is 0.243 e. The standard InChI is InChI=1S/C19H25N3O4S/c1-26-13-8-20-15-19(23)21-9-11-22(12-10-21)27(24,25)18-7-6-16-4-2-3-5-17(16)14-18/h2-7,14,20H,8-13,15H2,1H3. The van der Waals surface area contributed by atoms with Crippen LogP contribution in [0.25, 0.3) is 10.8 Å². The number of benzene rings is 2. The van der Waals surface area contributed by atoms with E-state index in [1.807, 2.05) is 30.3 Å². The number of amides is 1. The monoisotopic (exact) mass is 391 g/mol. The van der Waals surface area contributed by atoms with Crippen LogP contribution in [0.2, 0.25) is 0 Å². The Balaban J connectivity index is 1.61. The predicted octanol–water partition coefficient (Wildman–Crippen LogP) is 0.909. The van der Waals surface area contributed by atoms with Crippen molar-refractivity contribution in [2.45, 2.75) is 4.90 Å². The summed E-state index contributed by atoms with van der Waals surface area (Å²) in [6, 6.07) is 12.9. The minimum atomic E-state index is -3.56. The Morgan fingerprint density at radius 1 is 1.07 bits per heavy atom. The lowest BCUT2D eigenvalue weighted by Gasteiger charge is -2.34. The van der Waals surface area contributed by atoms with Crippen molar-refractivity contribution in [3.05, 3.63) is 42.5 Å². The highest BCUT2D eigenvalue weighted by atomic mass is 32.2. The van der Waals surface area contributed by atoms with E-state index in [2.05, 4.69) is 5.32 Å². The van der Waals surface area contributed by atoms with Gasteiger partial charge in [-0.1, -0.05) is 30.3 Å². The van der Waals surface area contributed by atoms with E-state index in [9.17, 15) is 13.2 Å². The van der Waals surface area contributed by atoms with Crippen LogP contribution >= 0.6 is 0 Å². The largest absolute Gasteiger partial charge is 0.383 e. The van der Waals surface area contributed by atoms with Crippen LogP contribution in [-0.4, -0.2) is 76.5 Å². The summed E-state index contributed by atoms with van der Waals surface area (Å²) in [4.78, 5) is 14.2. The minimum Gasteiger partial charge on any atom is -0.383 e. The fraction of sp³-hybridized carbons (Fsp3) is 0.421. The Morgan fingerprint density at radius 2 is 1.78 bits per heavy atom. The molecule has 7 nitrogen and oxygen atoms in total. The van der Waals surface area contributed by atoms with Crippen molar-refractivity contribution >= 4 is 26.7 Å². The number of ether oxygens (including phenoxy) is 1. The normalized spacial score (nSPS) is 16.0. The highest BCUT2D eigenvalue weighted by molar-refractivity contribution is 7.89. The van der Waals surface area contributed by atoms with Gasteiger partial charge in [0.15, 0.2) is 0 Å². The van der Waals surface area contributed by atoms with Crippen LogP contribution < -0.4 is 5.32 Å². The Labute approximate surface area is 159 Å². The predicted molar refractivity (Wildman–Crippen MR) is 104 cm³/mol. The van der Waals surface area contributed by atoms with Crippen LogP contribution in [0.5, 0.6) is 0 Å². The van der Waals surface area contributed by atoms with E-state index in [1.165, 1.54) is 4.31 Å². The first-order valence-electron chi connectivity index (χ1n) is 8.99. The van der Waals surface area contributed by atoms with E-state index in [4.69, 9.17) is 4.74 Å². The number of carbonyl (C=O) groups excluding carboxylic acids is 1. The third kappa shape index (κ3) is 4.65. The molecule has 1 heterocycles. The molecule has 0 aliphatic carbocycles. The number of nitrogens with one attached hydrogen (secondary N) is 1. The second-order valence-corrected chi connectivity index (χ2v) is 8.40. The zero-order valence-corrected chi connectivity index (χ0v) is 16.2. The van der Waals surface area contributed by atoms with Gasteiger partial charge in [0, 0.05) is 39.8 Å². The van der Waals surface area contributed by atoms with Crippen molar-refractivity contribution in [3.8, 4) is 0 Å². The van der Waals surface area contributed by atoms with Crippen molar-refractivity contribution in [1.29, 1.82) is 0 Å². The molecule has 0 radical (unpaired) electrons. The van der Waals surface area contributed by atoms with E-state index in [-0.39, 0.29) is 12.5 Å². The Bertz CT molecular complexity index is 893. The van der Waals surface area contributed by atoms with E-state index >= 15 is 0 Å². The summed E-state index contributed by atoms with van der Waals surface area (Å²) in [5.74, 6) is -0.0196. The molecule has 2 aromatic carbocycles. The SMILES string of the molecule is COCCNCC(=O)N1CCN(S(=O)(=O)c2ccc3ccccc3c2)CC1. The number of methoxy groups -OCH3 is 1. The number of carbonyl (C=O) groups is 1. The molecule has 2 aromatic rings. The Morgan fingerprint density at radius 3 is 2.48 bits per heavy atom. The molecule has 1 saturated heterocycles. The maximum Gasteiger partial charge on any atom is 0.243 e. The maximum absolute atomic E-state index is 12.9. The highest BCUT2D eigenvalue weighted by Crippen LogP contribution is 2.22. The Hall–Kier alpha value is -2.00. The van der Waals surface area contributed by atoms with Crippen molar-refractivity contribution in [1.82, 2.24) is 14.5 Å². The van der Waals surface area contributed by atoms with Crippen molar-refractivity contribution in [2.24, 2.45) is 0 Å². The molecule has 8 heteroatoms. The number of fused-ring (bicyclic) bond motifs is 1. The summed E-state index contributed by atoms with van der Waals surface area (Å²) >= 11 is 0. The van der Waals surface area contributed by atoms with E-state index in [0.717, 1.165) is 10.8 Å². The van der Waals surface area contributed by atoms with E-state index in [1.54, 1.807) is 24.1 Å². The molecule has 0 aromatic heterocycles. The minimum absolute atomic E-state index is 0.0196. The lowest BCUT2D eigenvalue weighted by atomic mass is 10.1. The van der Waals surface area contributed by atoms with Crippen LogP contribution in [0, 0.1) is 0 Å². The first-order valence-corrected chi connectivity index (χ1v) is 10.4. The number of hydrogen-bond acceptors (Lipinski definition) is 5. The summed E-state index contributed by atoms with van der Waals surface area (Å²) in [5.41, 5.74) is 0. The maximum atomic E-state index is 12.9. The van der Waals surface area contributed by atoms with Crippen LogP contribution in [0.15, 0.2) is 47.4 Å². The van der Waals surface area contributed by atoms with Gasteiger partial charge in [-0.2, -0.15) is 4.31 Å². The molecule has 0 bridgehead atoms. The van der Waals surface area contributed by atoms with E-state index < -0.39 is 10.0 Å². The average Bonchev–Trinajstić information content (AvgIpc) is 2.70. The molecule has 3 rings (SSSR count). The summed E-state index contributed by atoms with van der Waals surface area (Å²) in [6.07, 6.45) is 0. The fourth-order valence-corrected chi connectivity index (χ4v) is 4.59.